The molecule has 1 atom stereocenters. The summed E-state index contributed by atoms with van der Waals surface area (Å²) < 4.78 is 3.34. The van der Waals surface area contributed by atoms with E-state index >= 15 is 0 Å². The first-order valence-corrected chi connectivity index (χ1v) is 12.3. The molecule has 0 saturated heterocycles. The molecule has 0 bridgehead atoms. The molecule has 0 N–H and O–H groups in total. The van der Waals surface area contributed by atoms with Crippen molar-refractivity contribution in [2.75, 3.05) is 6.61 Å². The van der Waals surface area contributed by atoms with E-state index in [4.69, 9.17) is 39.5 Å². The van der Waals surface area contributed by atoms with Crippen LogP contribution in [0.2, 0.25) is 0 Å². The minimum atomic E-state index is -1.53. The van der Waals surface area contributed by atoms with Gasteiger partial charge in [0.15, 0.2) is 0 Å². The highest BCUT2D eigenvalue weighted by Gasteiger charge is 2.37. The van der Waals surface area contributed by atoms with Crippen LogP contribution < -0.4 is 0 Å². The Morgan fingerprint density at radius 3 is 1.59 bits per heavy atom. The third kappa shape index (κ3) is 17.0. The predicted octanol–water partition coefficient (Wildman–Crippen LogP) is 8.59. The highest BCUT2D eigenvalue weighted by molar-refractivity contribution is 6.57. The number of carbonyl (C=O) groups excluding carboxylic acids is 1. The van der Waals surface area contributed by atoms with Gasteiger partial charge in [0.1, 0.15) is 0 Å². The van der Waals surface area contributed by atoms with Gasteiger partial charge in [-0.2, -0.15) is 0 Å². The lowest BCUT2D eigenvalue weighted by Crippen LogP contribution is -2.31. The number of hydrogen-bond donors (Lipinski definition) is 0. The second-order valence-corrected chi connectivity index (χ2v) is 9.71. The van der Waals surface area contributed by atoms with Crippen molar-refractivity contribution in [1.82, 2.24) is 0 Å². The number of rotatable bonds is 19. The van der Waals surface area contributed by atoms with Crippen LogP contribution in [0.15, 0.2) is 0 Å². The highest BCUT2D eigenvalue weighted by Crippen LogP contribution is 2.32. The monoisotopic (exact) mass is 442 g/mol. The number of unbranched alkanes of at least 4 members (excludes halogenated alkanes) is 13. The average molecular weight is 444 g/mol. The molecular formula is C22H41Cl3O2. The molecule has 0 fully saturated rings. The molecule has 0 aliphatic carbocycles. The summed E-state index contributed by atoms with van der Waals surface area (Å²) in [6, 6.07) is 0. The minimum Gasteiger partial charge on any atom is -0.464 e. The predicted molar refractivity (Wildman–Crippen MR) is 120 cm³/mol. The fourth-order valence-corrected chi connectivity index (χ4v) is 4.29. The molecule has 2 nitrogen and oxygen atoms in total. The molecule has 0 radical (unpaired) electrons. The molecular weight excluding hydrogens is 403 g/mol. The van der Waals surface area contributed by atoms with E-state index in [0.29, 0.717) is 0 Å². The standard InChI is InChI=1S/C22H41Cl3O2/c1-3-5-6-7-8-9-10-11-12-13-14-15-16-17-18-20(23)19-22(24,25)21(26)27-4-2/h20H,3-19H2,1-2H3. The van der Waals surface area contributed by atoms with Gasteiger partial charge in [-0.3, -0.25) is 0 Å². The number of hydrogen-bond acceptors (Lipinski definition) is 2. The topological polar surface area (TPSA) is 26.3 Å². The normalized spacial score (nSPS) is 12.9. The van der Waals surface area contributed by atoms with E-state index in [9.17, 15) is 4.79 Å². The van der Waals surface area contributed by atoms with Crippen LogP contribution in [0, 0.1) is 0 Å². The van der Waals surface area contributed by atoms with Crippen LogP contribution in [0.25, 0.3) is 0 Å². The maximum absolute atomic E-state index is 11.7. The van der Waals surface area contributed by atoms with Crippen LogP contribution in [0.1, 0.15) is 117 Å². The lowest BCUT2D eigenvalue weighted by Gasteiger charge is -2.20. The fourth-order valence-electron chi connectivity index (χ4n) is 3.26. The second-order valence-electron chi connectivity index (χ2n) is 7.61. The van der Waals surface area contributed by atoms with Gasteiger partial charge in [-0.1, -0.05) is 120 Å². The van der Waals surface area contributed by atoms with E-state index in [-0.39, 0.29) is 18.4 Å². The Morgan fingerprint density at radius 2 is 1.19 bits per heavy atom. The Bertz CT molecular complexity index is 348. The number of ether oxygens (including phenoxy) is 1. The molecule has 0 aromatic heterocycles. The molecule has 162 valence electrons. The molecule has 0 spiro atoms. The maximum atomic E-state index is 11.7. The summed E-state index contributed by atoms with van der Waals surface area (Å²) in [6.07, 6.45) is 19.8. The number of halogens is 3. The van der Waals surface area contributed by atoms with E-state index in [1.54, 1.807) is 6.92 Å². The van der Waals surface area contributed by atoms with E-state index in [0.717, 1.165) is 12.8 Å². The first-order valence-electron chi connectivity index (χ1n) is 11.1. The Kier molecular flexibility index (Phi) is 18.6. The van der Waals surface area contributed by atoms with Crippen molar-refractivity contribution < 1.29 is 9.53 Å². The van der Waals surface area contributed by atoms with Crippen LogP contribution in [0.3, 0.4) is 0 Å². The van der Waals surface area contributed by atoms with Gasteiger partial charge in [0.25, 0.3) is 0 Å². The van der Waals surface area contributed by atoms with Gasteiger partial charge in [-0.05, 0) is 13.3 Å². The van der Waals surface area contributed by atoms with Crippen molar-refractivity contribution in [3.63, 3.8) is 0 Å². The van der Waals surface area contributed by atoms with Gasteiger partial charge in [0.05, 0.1) is 6.61 Å². The first kappa shape index (κ1) is 27.3. The van der Waals surface area contributed by atoms with Crippen LogP contribution in [0.4, 0.5) is 0 Å². The van der Waals surface area contributed by atoms with Crippen molar-refractivity contribution >= 4 is 40.8 Å². The smallest absolute Gasteiger partial charge is 0.342 e. The number of carbonyl (C=O) groups is 1. The van der Waals surface area contributed by atoms with E-state index in [1.807, 2.05) is 0 Å². The van der Waals surface area contributed by atoms with Crippen LogP contribution in [-0.4, -0.2) is 22.3 Å². The first-order chi connectivity index (χ1) is 12.9. The van der Waals surface area contributed by atoms with Crippen LogP contribution >= 0.6 is 34.8 Å². The molecule has 1 unspecified atom stereocenters. The molecule has 0 heterocycles. The fraction of sp³-hybridized carbons (Fsp3) is 0.955. The molecule has 0 aliphatic rings. The summed E-state index contributed by atoms with van der Waals surface area (Å²) in [5, 5.41) is -0.193. The van der Waals surface area contributed by atoms with Crippen LogP contribution in [0.5, 0.6) is 0 Å². The van der Waals surface area contributed by atoms with Crippen molar-refractivity contribution in [3.05, 3.63) is 0 Å². The third-order valence-corrected chi connectivity index (χ3v) is 5.91. The van der Waals surface area contributed by atoms with Crippen LogP contribution in [-0.2, 0) is 9.53 Å². The minimum absolute atomic E-state index is 0.193. The highest BCUT2D eigenvalue weighted by atomic mass is 35.5. The largest absolute Gasteiger partial charge is 0.464 e. The lowest BCUT2D eigenvalue weighted by molar-refractivity contribution is -0.144. The summed E-state index contributed by atoms with van der Waals surface area (Å²) in [4.78, 5) is 11.7. The average Bonchev–Trinajstić information content (AvgIpc) is 2.61. The molecule has 0 aromatic carbocycles. The number of esters is 1. The molecule has 0 aromatic rings. The summed E-state index contributed by atoms with van der Waals surface area (Å²) >= 11 is 18.3. The lowest BCUT2D eigenvalue weighted by atomic mass is 10.0. The SMILES string of the molecule is CCCCCCCCCCCCCCCCC(Cl)CC(Cl)(Cl)C(=O)OCC. The van der Waals surface area contributed by atoms with Gasteiger partial charge in [0, 0.05) is 11.8 Å². The maximum Gasteiger partial charge on any atom is 0.342 e. The van der Waals surface area contributed by atoms with Gasteiger partial charge in [0.2, 0.25) is 4.33 Å². The van der Waals surface area contributed by atoms with Crippen molar-refractivity contribution in [1.29, 1.82) is 0 Å². The quantitative estimate of drug-likeness (QED) is 0.113. The van der Waals surface area contributed by atoms with Gasteiger partial charge in [-0.15, -0.1) is 11.6 Å². The van der Waals surface area contributed by atoms with E-state index < -0.39 is 10.3 Å². The zero-order valence-corrected chi connectivity index (χ0v) is 19.8. The molecule has 5 heteroatoms. The van der Waals surface area contributed by atoms with E-state index in [2.05, 4.69) is 6.92 Å². The molecule has 0 saturated carbocycles. The molecule has 0 aliphatic heterocycles. The van der Waals surface area contributed by atoms with Crippen molar-refractivity contribution in [3.8, 4) is 0 Å². The Labute approximate surface area is 183 Å². The molecule has 0 rings (SSSR count). The van der Waals surface area contributed by atoms with Crippen molar-refractivity contribution in [2.45, 2.75) is 126 Å². The van der Waals surface area contributed by atoms with E-state index in [1.165, 1.54) is 83.5 Å². The second kappa shape index (κ2) is 18.4. The Morgan fingerprint density at radius 1 is 0.778 bits per heavy atom. The summed E-state index contributed by atoms with van der Waals surface area (Å²) in [7, 11) is 0. The third-order valence-electron chi connectivity index (χ3n) is 4.92. The zero-order chi connectivity index (χ0) is 20.4. The Balaban J connectivity index is 3.42. The number of alkyl halides is 3. The summed E-state index contributed by atoms with van der Waals surface area (Å²) in [5.74, 6) is -0.597. The van der Waals surface area contributed by atoms with Gasteiger partial charge in [-0.25, -0.2) is 4.79 Å². The van der Waals surface area contributed by atoms with Gasteiger partial charge >= 0.3 is 5.97 Å². The van der Waals surface area contributed by atoms with Crippen molar-refractivity contribution in [2.24, 2.45) is 0 Å². The molecule has 27 heavy (non-hydrogen) atoms. The Hall–Kier alpha value is 0.340. The summed E-state index contributed by atoms with van der Waals surface area (Å²) in [5.41, 5.74) is 0. The van der Waals surface area contributed by atoms with Gasteiger partial charge < -0.3 is 4.74 Å². The summed E-state index contributed by atoms with van der Waals surface area (Å²) in [6.45, 7) is 4.27. The molecule has 0 amide bonds. The zero-order valence-electron chi connectivity index (χ0n) is 17.5.